The van der Waals surface area contributed by atoms with Gasteiger partial charge in [0.1, 0.15) is 6.61 Å². The van der Waals surface area contributed by atoms with Gasteiger partial charge in [0.2, 0.25) is 10.0 Å². The number of nitrogens with zero attached hydrogens (tertiary/aromatic N) is 2. The molecule has 0 saturated carbocycles. The molecule has 1 fully saturated rings. The van der Waals surface area contributed by atoms with Crippen molar-refractivity contribution in [2.75, 3.05) is 46.4 Å². The van der Waals surface area contributed by atoms with Crippen LogP contribution in [0.2, 0.25) is 0 Å². The summed E-state index contributed by atoms with van der Waals surface area (Å²) in [5.74, 6) is 0.720. The summed E-state index contributed by atoms with van der Waals surface area (Å²) in [4.78, 5) is 14.5. The molecule has 9 heteroatoms. The predicted octanol–water partition coefficient (Wildman–Crippen LogP) is 1.88. The number of hydrogen-bond acceptors (Lipinski definition) is 6. The quantitative estimate of drug-likeness (QED) is 0.546. The van der Waals surface area contributed by atoms with Gasteiger partial charge < -0.3 is 19.7 Å². The Morgan fingerprint density at radius 2 is 1.66 bits per heavy atom. The van der Waals surface area contributed by atoms with E-state index in [4.69, 9.17) is 9.47 Å². The first-order chi connectivity index (χ1) is 15.4. The fourth-order valence-electron chi connectivity index (χ4n) is 3.19. The molecule has 1 aliphatic heterocycles. The smallest absolute Gasteiger partial charge is 0.258 e. The van der Waals surface area contributed by atoms with Crippen molar-refractivity contribution in [1.82, 2.24) is 14.5 Å². The van der Waals surface area contributed by atoms with Crippen LogP contribution in [0.4, 0.5) is 0 Å². The average molecular weight is 460 g/mol. The van der Waals surface area contributed by atoms with Crippen molar-refractivity contribution in [1.29, 1.82) is 0 Å². The number of likely N-dealkylation sites (N-methyl/N-ethyl adjacent to an activating group) is 1. The molecule has 8 nitrogen and oxygen atoms in total. The Morgan fingerprint density at radius 1 is 1.03 bits per heavy atom. The summed E-state index contributed by atoms with van der Waals surface area (Å²) in [5.41, 5.74) is 0.797. The van der Waals surface area contributed by atoms with Crippen molar-refractivity contribution in [2.24, 2.45) is 0 Å². The van der Waals surface area contributed by atoms with Crippen LogP contribution in [-0.2, 0) is 21.4 Å². The number of ether oxygens (including phenoxy) is 2. The standard InChI is InChI=1S/C23H29N3O5S/c1-3-16-30-21-6-4-5-7-22(21)31-18-23(27)24-17-19-8-10-20(11-9-19)32(28,29)26-14-12-25(2)13-15-26/h3-11H,1,12-18H2,2H3,(H,24,27). The zero-order chi connectivity index (χ0) is 23.0. The molecule has 172 valence electrons. The van der Waals surface area contributed by atoms with Gasteiger partial charge in [0.15, 0.2) is 18.1 Å². The van der Waals surface area contributed by atoms with E-state index in [1.807, 2.05) is 13.1 Å². The van der Waals surface area contributed by atoms with Crippen LogP contribution >= 0.6 is 0 Å². The highest BCUT2D eigenvalue weighted by Gasteiger charge is 2.27. The number of carbonyl (C=O) groups is 1. The number of hydrogen-bond donors (Lipinski definition) is 1. The second-order valence-corrected chi connectivity index (χ2v) is 9.40. The summed E-state index contributed by atoms with van der Waals surface area (Å²) in [6, 6.07) is 13.7. The van der Waals surface area contributed by atoms with Crippen molar-refractivity contribution in [3.63, 3.8) is 0 Å². The van der Waals surface area contributed by atoms with Gasteiger partial charge in [-0.15, -0.1) is 0 Å². The Morgan fingerprint density at radius 3 is 2.28 bits per heavy atom. The zero-order valence-corrected chi connectivity index (χ0v) is 19.0. The van der Waals surface area contributed by atoms with Crippen molar-refractivity contribution >= 4 is 15.9 Å². The van der Waals surface area contributed by atoms with E-state index in [-0.39, 0.29) is 24.0 Å². The minimum atomic E-state index is -3.50. The molecule has 0 spiro atoms. The Kier molecular flexibility index (Phi) is 8.26. The predicted molar refractivity (Wildman–Crippen MR) is 122 cm³/mol. The first-order valence-corrected chi connectivity index (χ1v) is 11.8. The maximum absolute atomic E-state index is 12.8. The third-order valence-corrected chi connectivity index (χ3v) is 6.99. The molecule has 0 radical (unpaired) electrons. The van der Waals surface area contributed by atoms with Crippen LogP contribution in [0.25, 0.3) is 0 Å². The molecular weight excluding hydrogens is 430 g/mol. The Balaban J connectivity index is 1.50. The van der Waals surface area contributed by atoms with Gasteiger partial charge in [0.05, 0.1) is 4.90 Å². The molecule has 0 unspecified atom stereocenters. The van der Waals surface area contributed by atoms with Gasteiger partial charge in [0, 0.05) is 32.7 Å². The molecule has 1 saturated heterocycles. The van der Waals surface area contributed by atoms with E-state index in [0.29, 0.717) is 31.2 Å². The molecule has 0 bridgehead atoms. The van der Waals surface area contributed by atoms with Crippen LogP contribution in [0.1, 0.15) is 5.56 Å². The van der Waals surface area contributed by atoms with Crippen LogP contribution < -0.4 is 14.8 Å². The van der Waals surface area contributed by atoms with E-state index < -0.39 is 10.0 Å². The number of carbonyl (C=O) groups excluding carboxylic acids is 1. The van der Waals surface area contributed by atoms with E-state index in [2.05, 4.69) is 16.8 Å². The van der Waals surface area contributed by atoms with Crippen molar-refractivity contribution in [3.05, 3.63) is 66.7 Å². The first kappa shape index (κ1) is 23.8. The lowest BCUT2D eigenvalue weighted by Crippen LogP contribution is -2.47. The maximum Gasteiger partial charge on any atom is 0.258 e. The van der Waals surface area contributed by atoms with Gasteiger partial charge in [0.25, 0.3) is 5.91 Å². The van der Waals surface area contributed by atoms with Gasteiger partial charge in [-0.1, -0.05) is 36.9 Å². The molecule has 0 aliphatic carbocycles. The molecule has 1 heterocycles. The minimum absolute atomic E-state index is 0.162. The summed E-state index contributed by atoms with van der Waals surface area (Å²) in [5, 5.41) is 2.77. The lowest BCUT2D eigenvalue weighted by atomic mass is 10.2. The second-order valence-electron chi connectivity index (χ2n) is 7.46. The van der Waals surface area contributed by atoms with Gasteiger partial charge in [-0.05, 0) is 36.9 Å². The van der Waals surface area contributed by atoms with Gasteiger partial charge in [-0.3, -0.25) is 4.79 Å². The van der Waals surface area contributed by atoms with Crippen LogP contribution in [-0.4, -0.2) is 70.0 Å². The van der Waals surface area contributed by atoms with E-state index in [9.17, 15) is 13.2 Å². The monoisotopic (exact) mass is 459 g/mol. The fourth-order valence-corrected chi connectivity index (χ4v) is 4.61. The molecule has 2 aromatic rings. The van der Waals surface area contributed by atoms with E-state index in [1.54, 1.807) is 48.5 Å². The molecule has 1 N–H and O–H groups in total. The van der Waals surface area contributed by atoms with Gasteiger partial charge in [-0.2, -0.15) is 4.31 Å². The number of nitrogens with one attached hydrogen (secondary N) is 1. The summed E-state index contributed by atoms with van der Waals surface area (Å²) < 4.78 is 38.2. The van der Waals surface area contributed by atoms with Crippen molar-refractivity contribution in [2.45, 2.75) is 11.4 Å². The highest BCUT2D eigenvalue weighted by molar-refractivity contribution is 7.89. The number of para-hydroxylation sites is 2. The normalized spacial score (nSPS) is 15.2. The van der Waals surface area contributed by atoms with Crippen molar-refractivity contribution in [3.8, 4) is 11.5 Å². The molecule has 3 rings (SSSR count). The largest absolute Gasteiger partial charge is 0.486 e. The average Bonchev–Trinajstić information content (AvgIpc) is 2.81. The van der Waals surface area contributed by atoms with E-state index >= 15 is 0 Å². The summed E-state index contributed by atoms with van der Waals surface area (Å²) in [6.07, 6.45) is 1.63. The van der Waals surface area contributed by atoms with E-state index in [1.165, 1.54) is 4.31 Å². The summed E-state index contributed by atoms with van der Waals surface area (Å²) in [7, 11) is -1.52. The van der Waals surface area contributed by atoms with Crippen LogP contribution in [0.15, 0.2) is 66.1 Å². The Bertz CT molecular complexity index is 1020. The fraction of sp³-hybridized carbons (Fsp3) is 0.348. The summed E-state index contributed by atoms with van der Waals surface area (Å²) >= 11 is 0. The number of rotatable bonds is 10. The lowest BCUT2D eigenvalue weighted by Gasteiger charge is -2.31. The lowest BCUT2D eigenvalue weighted by molar-refractivity contribution is -0.123. The van der Waals surface area contributed by atoms with Crippen LogP contribution in [0, 0.1) is 0 Å². The molecule has 0 atom stereocenters. The molecule has 1 aliphatic rings. The zero-order valence-electron chi connectivity index (χ0n) is 18.2. The first-order valence-electron chi connectivity index (χ1n) is 10.4. The highest BCUT2D eigenvalue weighted by Crippen LogP contribution is 2.26. The van der Waals surface area contributed by atoms with Crippen LogP contribution in [0.5, 0.6) is 11.5 Å². The molecule has 2 aromatic carbocycles. The topological polar surface area (TPSA) is 88.2 Å². The van der Waals surface area contributed by atoms with Gasteiger partial charge in [-0.25, -0.2) is 8.42 Å². The highest BCUT2D eigenvalue weighted by atomic mass is 32.2. The third kappa shape index (κ3) is 6.32. The molecule has 1 amide bonds. The SMILES string of the molecule is C=CCOc1ccccc1OCC(=O)NCc1ccc(S(=O)(=O)N2CCN(C)CC2)cc1. The van der Waals surface area contributed by atoms with Crippen molar-refractivity contribution < 1.29 is 22.7 Å². The Hall–Kier alpha value is -2.88. The molecule has 32 heavy (non-hydrogen) atoms. The molecule has 0 aromatic heterocycles. The number of sulfonamides is 1. The third-order valence-electron chi connectivity index (χ3n) is 5.08. The number of benzene rings is 2. The van der Waals surface area contributed by atoms with Gasteiger partial charge >= 0.3 is 0 Å². The Labute approximate surface area is 189 Å². The number of amides is 1. The molecular formula is C23H29N3O5S. The van der Waals surface area contributed by atoms with Crippen LogP contribution in [0.3, 0.4) is 0 Å². The maximum atomic E-state index is 12.8. The summed E-state index contributed by atoms with van der Waals surface area (Å²) in [6.45, 7) is 6.46. The second kappa shape index (κ2) is 11.1. The minimum Gasteiger partial charge on any atom is -0.486 e. The number of piperazine rings is 1. The van der Waals surface area contributed by atoms with E-state index in [0.717, 1.165) is 18.7 Å².